The minimum atomic E-state index is -5.03. The van der Waals surface area contributed by atoms with Gasteiger partial charge in [-0.15, -0.1) is 0 Å². The summed E-state index contributed by atoms with van der Waals surface area (Å²) in [5.74, 6) is 0. The molecule has 13 heteroatoms. The molecule has 3 aromatic carbocycles. The third-order valence-electron chi connectivity index (χ3n) is 7.82. The Kier molecular flexibility index (Phi) is 8.52. The minimum Gasteiger partial charge on any atom is -0.444 e. The van der Waals surface area contributed by atoms with E-state index in [1.54, 1.807) is 60.7 Å². The van der Waals surface area contributed by atoms with Crippen LogP contribution in [-0.4, -0.2) is 36.0 Å². The average molecular weight is 623 g/mol. The lowest BCUT2D eigenvalue weighted by Gasteiger charge is -2.50. The minimum absolute atomic E-state index is 0.0518. The molecule has 2 fully saturated rings. The molecule has 0 aromatic heterocycles. The lowest BCUT2D eigenvalue weighted by atomic mass is 9.79. The number of alkyl carbamates (subject to hydrolysis) is 1. The molecule has 3 aromatic rings. The number of benzene rings is 3. The summed E-state index contributed by atoms with van der Waals surface area (Å²) >= 11 is 0. The zero-order chi connectivity index (χ0) is 31.7. The first-order valence-electron chi connectivity index (χ1n) is 13.7. The number of piperidine rings is 1. The van der Waals surface area contributed by atoms with Gasteiger partial charge in [-0.1, -0.05) is 60.7 Å². The van der Waals surface area contributed by atoms with Crippen molar-refractivity contribution in [1.82, 2.24) is 10.2 Å². The van der Waals surface area contributed by atoms with Crippen LogP contribution in [0.25, 0.3) is 0 Å². The molecule has 2 saturated heterocycles. The quantitative estimate of drug-likeness (QED) is 0.275. The number of carbonyl (C=O) groups is 2. The fourth-order valence-electron chi connectivity index (χ4n) is 5.57. The molecule has 1 N–H and O–H groups in total. The average Bonchev–Trinajstić information content (AvgIpc) is 3.38. The Bertz CT molecular complexity index is 1450. The molecule has 0 radical (unpaired) electrons. The smallest absolute Gasteiger partial charge is 0.416 e. The van der Waals surface area contributed by atoms with Crippen LogP contribution in [0, 0.1) is 0 Å². The Balaban J connectivity index is 1.51. The summed E-state index contributed by atoms with van der Waals surface area (Å²) in [5, 5.41) is 2.64. The van der Waals surface area contributed by atoms with Gasteiger partial charge in [0.15, 0.2) is 0 Å². The predicted octanol–water partition coefficient (Wildman–Crippen LogP) is 7.56. The molecule has 3 unspecified atom stereocenters. The number of hydrogen-bond donors (Lipinski definition) is 1. The molecular weight excluding hydrogens is 594 g/mol. The van der Waals surface area contributed by atoms with Gasteiger partial charge in [0.25, 0.3) is 0 Å². The number of carbonyl (C=O) groups excluding carboxylic acids is 2. The lowest BCUT2D eigenvalue weighted by molar-refractivity contribution is -0.143. The van der Waals surface area contributed by atoms with Crippen molar-refractivity contribution < 1.29 is 50.1 Å². The summed E-state index contributed by atoms with van der Waals surface area (Å²) in [6.07, 6.45) is -14.1. The SMILES string of the molecule is C[C@@H](OCC1(c2ccccc2)CCC2OC(=O)NC2N1C(=O)OCc1ccccc1)c1cc(C(F)(F)F)cc(C(F)(F)F)c1. The number of fused-ring (bicyclic) bond motifs is 1. The largest absolute Gasteiger partial charge is 0.444 e. The second kappa shape index (κ2) is 12.0. The van der Waals surface area contributed by atoms with Crippen LogP contribution >= 0.6 is 0 Å². The van der Waals surface area contributed by atoms with Crippen molar-refractivity contribution in [1.29, 1.82) is 0 Å². The van der Waals surface area contributed by atoms with Gasteiger partial charge in [0, 0.05) is 0 Å². The molecule has 0 spiro atoms. The van der Waals surface area contributed by atoms with E-state index in [0.717, 1.165) is 0 Å². The highest BCUT2D eigenvalue weighted by Crippen LogP contribution is 2.44. The fraction of sp³-hybridized carbons (Fsp3) is 0.355. The number of rotatable bonds is 7. The molecule has 0 aliphatic carbocycles. The molecule has 2 amide bonds. The summed E-state index contributed by atoms with van der Waals surface area (Å²) in [7, 11) is 0. The first-order chi connectivity index (χ1) is 20.8. The highest BCUT2D eigenvalue weighted by molar-refractivity contribution is 5.75. The normalized spacial score (nSPS) is 22.5. The van der Waals surface area contributed by atoms with Gasteiger partial charge in [-0.3, -0.25) is 10.2 Å². The molecule has 2 aliphatic heterocycles. The van der Waals surface area contributed by atoms with E-state index in [0.29, 0.717) is 23.3 Å². The molecule has 2 heterocycles. The van der Waals surface area contributed by atoms with Crippen LogP contribution in [0.1, 0.15) is 53.7 Å². The van der Waals surface area contributed by atoms with Crippen LogP contribution in [0.2, 0.25) is 0 Å². The number of nitrogens with zero attached hydrogens (tertiary/aromatic N) is 1. The van der Waals surface area contributed by atoms with Gasteiger partial charge in [-0.05, 0) is 54.7 Å². The second-order valence-electron chi connectivity index (χ2n) is 10.7. The maximum absolute atomic E-state index is 13.8. The molecule has 234 valence electrons. The highest BCUT2D eigenvalue weighted by atomic mass is 19.4. The number of halogens is 6. The monoisotopic (exact) mass is 622 g/mol. The molecule has 0 bridgehead atoms. The number of amides is 2. The van der Waals surface area contributed by atoms with Crippen LogP contribution in [0.3, 0.4) is 0 Å². The van der Waals surface area contributed by atoms with E-state index < -0.39 is 59.6 Å². The standard InChI is InChI=1S/C31H28F6N2O5/c1-19(21-14-23(30(32,33)34)16-24(15-21)31(35,36)37)43-18-29(22-10-6-3-7-11-22)13-12-25-26(38-27(40)44-25)39(29)28(41)42-17-20-8-4-2-5-9-20/h2-11,14-16,19,25-26H,12-13,17-18H2,1H3,(H,38,40)/t19-,25?,26?,29?/m1/s1. The number of hydrogen-bond acceptors (Lipinski definition) is 5. The van der Waals surface area contributed by atoms with E-state index in [4.69, 9.17) is 14.2 Å². The van der Waals surface area contributed by atoms with Crippen molar-refractivity contribution in [3.05, 3.63) is 107 Å². The van der Waals surface area contributed by atoms with Crippen LogP contribution in [-0.2, 0) is 38.7 Å². The first kappa shape index (κ1) is 31.2. The number of likely N-dealkylation sites (tertiary alicyclic amines) is 1. The number of alkyl halides is 6. The molecule has 7 nitrogen and oxygen atoms in total. The van der Waals surface area contributed by atoms with Crippen molar-refractivity contribution in [2.75, 3.05) is 6.61 Å². The maximum atomic E-state index is 13.8. The summed E-state index contributed by atoms with van der Waals surface area (Å²) < 4.78 is 98.3. The van der Waals surface area contributed by atoms with Gasteiger partial charge in [0.1, 0.15) is 18.9 Å². The van der Waals surface area contributed by atoms with E-state index >= 15 is 0 Å². The van der Waals surface area contributed by atoms with Gasteiger partial charge in [-0.25, -0.2) is 9.59 Å². The Morgan fingerprint density at radius 1 is 0.977 bits per heavy atom. The number of nitrogens with one attached hydrogen (secondary N) is 1. The van der Waals surface area contributed by atoms with Gasteiger partial charge in [-0.2, -0.15) is 26.3 Å². The van der Waals surface area contributed by atoms with Crippen molar-refractivity contribution in [3.8, 4) is 0 Å². The van der Waals surface area contributed by atoms with Crippen molar-refractivity contribution in [3.63, 3.8) is 0 Å². The van der Waals surface area contributed by atoms with Gasteiger partial charge in [0.2, 0.25) is 0 Å². The highest BCUT2D eigenvalue weighted by Gasteiger charge is 2.56. The van der Waals surface area contributed by atoms with Crippen molar-refractivity contribution >= 4 is 12.2 Å². The molecule has 2 aliphatic rings. The first-order valence-corrected chi connectivity index (χ1v) is 13.7. The van der Waals surface area contributed by atoms with E-state index in [-0.39, 0.29) is 37.7 Å². The summed E-state index contributed by atoms with van der Waals surface area (Å²) in [4.78, 5) is 27.4. The summed E-state index contributed by atoms with van der Waals surface area (Å²) in [6.45, 7) is 0.878. The topological polar surface area (TPSA) is 77.1 Å². The molecule has 5 rings (SSSR count). The van der Waals surface area contributed by atoms with Gasteiger partial charge < -0.3 is 14.2 Å². The Morgan fingerprint density at radius 3 is 2.16 bits per heavy atom. The Hall–Kier alpha value is -4.26. The molecule has 0 saturated carbocycles. The zero-order valence-corrected chi connectivity index (χ0v) is 23.3. The Morgan fingerprint density at radius 2 is 1.57 bits per heavy atom. The summed E-state index contributed by atoms with van der Waals surface area (Å²) in [5.41, 5.74) is -3.37. The molecule has 44 heavy (non-hydrogen) atoms. The fourth-order valence-corrected chi connectivity index (χ4v) is 5.57. The van der Waals surface area contributed by atoms with Gasteiger partial charge >= 0.3 is 24.5 Å². The van der Waals surface area contributed by atoms with Crippen LogP contribution in [0.5, 0.6) is 0 Å². The van der Waals surface area contributed by atoms with E-state index in [1.807, 2.05) is 0 Å². The van der Waals surface area contributed by atoms with Crippen LogP contribution in [0.4, 0.5) is 35.9 Å². The third-order valence-corrected chi connectivity index (χ3v) is 7.82. The third kappa shape index (κ3) is 6.47. The number of ether oxygens (including phenoxy) is 3. The van der Waals surface area contributed by atoms with Crippen molar-refractivity contribution in [2.24, 2.45) is 0 Å². The maximum Gasteiger partial charge on any atom is 0.416 e. The molecule has 4 atom stereocenters. The van der Waals surface area contributed by atoms with E-state index in [1.165, 1.54) is 11.8 Å². The van der Waals surface area contributed by atoms with Gasteiger partial charge in [0.05, 0.1) is 29.4 Å². The molecular formula is C31H28F6N2O5. The van der Waals surface area contributed by atoms with E-state index in [9.17, 15) is 35.9 Å². The van der Waals surface area contributed by atoms with E-state index in [2.05, 4.69) is 5.32 Å². The van der Waals surface area contributed by atoms with Crippen LogP contribution < -0.4 is 5.32 Å². The second-order valence-corrected chi connectivity index (χ2v) is 10.7. The van der Waals surface area contributed by atoms with Crippen molar-refractivity contribution in [2.45, 2.75) is 62.6 Å². The van der Waals surface area contributed by atoms with Crippen LogP contribution in [0.15, 0.2) is 78.9 Å². The lowest BCUT2D eigenvalue weighted by Crippen LogP contribution is -2.65. The Labute approximate surface area is 248 Å². The summed E-state index contributed by atoms with van der Waals surface area (Å²) in [6, 6.07) is 18.7. The predicted molar refractivity (Wildman–Crippen MR) is 144 cm³/mol. The zero-order valence-electron chi connectivity index (χ0n) is 23.3.